The number of thiophene rings is 1. The fourth-order valence-corrected chi connectivity index (χ4v) is 5.20. The molecule has 0 saturated carbocycles. The fourth-order valence-electron chi connectivity index (χ4n) is 4.32. The molecule has 2 N–H and O–H groups in total. The molecular formula is C31H27N7O3S. The van der Waals surface area contributed by atoms with E-state index in [1.165, 1.54) is 22.4 Å². The van der Waals surface area contributed by atoms with E-state index in [1.54, 1.807) is 44.6 Å². The Morgan fingerprint density at radius 1 is 1.02 bits per heavy atom. The number of pyridine rings is 1. The molecule has 0 bridgehead atoms. The summed E-state index contributed by atoms with van der Waals surface area (Å²) in [6.45, 7) is 0.426. The summed E-state index contributed by atoms with van der Waals surface area (Å²) >= 11 is 1.28. The molecule has 0 atom stereocenters. The van der Waals surface area contributed by atoms with E-state index in [2.05, 4.69) is 26.7 Å². The topological polar surface area (TPSA) is 133 Å². The molecule has 210 valence electrons. The van der Waals surface area contributed by atoms with E-state index in [4.69, 9.17) is 0 Å². The number of nitrogens with one attached hydrogen (secondary N) is 2. The summed E-state index contributed by atoms with van der Waals surface area (Å²) in [6, 6.07) is 21.9. The Kier molecular flexibility index (Phi) is 8.36. The van der Waals surface area contributed by atoms with Gasteiger partial charge in [-0.3, -0.25) is 24.7 Å². The smallest absolute Gasteiger partial charge is 0.268 e. The second-order valence-corrected chi connectivity index (χ2v) is 10.7. The lowest BCUT2D eigenvalue weighted by molar-refractivity contribution is -0.128. The number of aryl methyl sites for hydroxylation is 1. The highest BCUT2D eigenvalue weighted by atomic mass is 32.1. The Balaban J connectivity index is 1.38. The van der Waals surface area contributed by atoms with Gasteiger partial charge in [-0.25, -0.2) is 4.98 Å². The lowest BCUT2D eigenvalue weighted by Gasteiger charge is -2.13. The van der Waals surface area contributed by atoms with Crippen LogP contribution in [0.5, 0.6) is 0 Å². The van der Waals surface area contributed by atoms with Crippen LogP contribution in [0.15, 0.2) is 79.1 Å². The number of Topliss-reactive ketones (excluding diaryl/α,β-unsaturated/α-hetero) is 1. The summed E-state index contributed by atoms with van der Waals surface area (Å²) in [4.78, 5) is 49.8. The van der Waals surface area contributed by atoms with Gasteiger partial charge in [0.2, 0.25) is 11.9 Å². The van der Waals surface area contributed by atoms with E-state index < -0.39 is 0 Å². The van der Waals surface area contributed by atoms with Crippen LogP contribution in [0.3, 0.4) is 0 Å². The molecule has 42 heavy (non-hydrogen) atoms. The highest BCUT2D eigenvalue weighted by Gasteiger charge is 2.18. The first-order chi connectivity index (χ1) is 20.3. The Hall–Kier alpha value is -5.34. The van der Waals surface area contributed by atoms with Gasteiger partial charge < -0.3 is 14.8 Å². The Morgan fingerprint density at radius 3 is 2.60 bits per heavy atom. The van der Waals surface area contributed by atoms with Gasteiger partial charge in [-0.15, -0.1) is 11.3 Å². The van der Waals surface area contributed by atoms with Crippen LogP contribution in [0.2, 0.25) is 0 Å². The van der Waals surface area contributed by atoms with E-state index in [-0.39, 0.29) is 30.6 Å². The zero-order valence-electron chi connectivity index (χ0n) is 23.0. The number of rotatable bonds is 10. The van der Waals surface area contributed by atoms with Gasteiger partial charge >= 0.3 is 0 Å². The number of benzene rings is 2. The number of anilines is 2. The number of amides is 2. The van der Waals surface area contributed by atoms with Crippen LogP contribution in [0.4, 0.5) is 11.6 Å². The molecule has 3 aromatic heterocycles. The van der Waals surface area contributed by atoms with Crippen molar-refractivity contribution in [3.63, 3.8) is 0 Å². The molecule has 0 aliphatic rings. The Morgan fingerprint density at radius 2 is 1.83 bits per heavy atom. The van der Waals surface area contributed by atoms with Crippen molar-refractivity contribution >= 4 is 51.6 Å². The fraction of sp³-hybridized carbons (Fsp3) is 0.161. The number of aromatic nitrogens is 3. The van der Waals surface area contributed by atoms with E-state index in [9.17, 15) is 19.6 Å². The third-order valence-electron chi connectivity index (χ3n) is 6.55. The van der Waals surface area contributed by atoms with Crippen molar-refractivity contribution < 1.29 is 14.4 Å². The molecule has 0 saturated heterocycles. The molecule has 5 aromatic rings. The monoisotopic (exact) mass is 577 g/mol. The van der Waals surface area contributed by atoms with Gasteiger partial charge in [-0.1, -0.05) is 30.3 Å². The molecule has 0 spiro atoms. The van der Waals surface area contributed by atoms with Crippen LogP contribution in [0, 0.1) is 11.3 Å². The molecule has 5 rings (SSSR count). The summed E-state index contributed by atoms with van der Waals surface area (Å²) < 4.78 is 1.81. The second kappa shape index (κ2) is 12.4. The van der Waals surface area contributed by atoms with E-state index >= 15 is 0 Å². The highest BCUT2D eigenvalue weighted by Crippen LogP contribution is 2.29. The van der Waals surface area contributed by atoms with Crippen molar-refractivity contribution in [3.8, 4) is 16.5 Å². The summed E-state index contributed by atoms with van der Waals surface area (Å²) in [5.74, 6) is -0.134. The summed E-state index contributed by atoms with van der Waals surface area (Å²) in [7, 11) is 3.39. The number of nitrogens with zero attached hydrogens (tertiary/aromatic N) is 5. The number of nitriles is 1. The maximum Gasteiger partial charge on any atom is 0.268 e. The molecule has 2 aromatic carbocycles. The molecule has 0 fully saturated rings. The first-order valence-electron chi connectivity index (χ1n) is 13.1. The van der Waals surface area contributed by atoms with Gasteiger partial charge in [0, 0.05) is 61.1 Å². The van der Waals surface area contributed by atoms with E-state index in [1.807, 2.05) is 47.0 Å². The standard InChI is InChI=1S/C31H27N7O3S/c1-37(2)29(40)12-13-38-25-9-8-23(34-19-26(39)21-6-4-3-5-7-21)15-24(25)35-31(38)36-30(41)28-11-10-27(42-28)22-14-20(16-32)17-33-18-22/h3-11,14-15,17-18,34H,12-13,19H2,1-2H3,(H,35,36,41). The first kappa shape index (κ1) is 28.2. The number of ketones is 1. The van der Waals surface area contributed by atoms with Gasteiger partial charge in [0.1, 0.15) is 6.07 Å². The minimum Gasteiger partial charge on any atom is -0.378 e. The SMILES string of the molecule is CN(C)C(=O)CCn1c(NC(=O)c2ccc(-c3cncc(C#N)c3)s2)nc2cc(NCC(=O)c3ccccc3)ccc21. The summed E-state index contributed by atoms with van der Waals surface area (Å²) in [5.41, 5.74) is 3.85. The lowest BCUT2D eigenvalue weighted by Crippen LogP contribution is -2.23. The number of carbonyl (C=O) groups is 3. The zero-order chi connectivity index (χ0) is 29.6. The second-order valence-electron chi connectivity index (χ2n) is 9.66. The Bertz CT molecular complexity index is 1820. The molecular weight excluding hydrogens is 550 g/mol. The highest BCUT2D eigenvalue weighted by molar-refractivity contribution is 7.17. The van der Waals surface area contributed by atoms with Crippen molar-refractivity contribution in [3.05, 3.63) is 95.1 Å². The van der Waals surface area contributed by atoms with Gasteiger partial charge in [-0.2, -0.15) is 5.26 Å². The largest absolute Gasteiger partial charge is 0.378 e. The van der Waals surface area contributed by atoms with Crippen molar-refractivity contribution in [1.29, 1.82) is 5.26 Å². The van der Waals surface area contributed by atoms with Crippen LogP contribution in [-0.2, 0) is 11.3 Å². The molecule has 11 heteroatoms. The number of fused-ring (bicyclic) bond motifs is 1. The maximum atomic E-state index is 13.3. The lowest BCUT2D eigenvalue weighted by atomic mass is 10.1. The van der Waals surface area contributed by atoms with Crippen LogP contribution in [-0.4, -0.2) is 57.7 Å². The minimum absolute atomic E-state index is 0.0400. The molecule has 0 unspecified atom stereocenters. The van der Waals surface area contributed by atoms with Gasteiger partial charge in [0.05, 0.1) is 28.0 Å². The predicted molar refractivity (Wildman–Crippen MR) is 163 cm³/mol. The first-order valence-corrected chi connectivity index (χ1v) is 13.9. The average Bonchev–Trinajstić information content (AvgIpc) is 3.64. The molecule has 0 aliphatic heterocycles. The maximum absolute atomic E-state index is 13.3. The number of carbonyl (C=O) groups excluding carboxylic acids is 3. The van der Waals surface area contributed by atoms with Crippen LogP contribution < -0.4 is 10.6 Å². The molecule has 3 heterocycles. The Labute approximate surface area is 246 Å². The van der Waals surface area contributed by atoms with Gasteiger partial charge in [0.25, 0.3) is 5.91 Å². The zero-order valence-corrected chi connectivity index (χ0v) is 23.8. The van der Waals surface area contributed by atoms with Gasteiger partial charge in [-0.05, 0) is 36.4 Å². The molecule has 10 nitrogen and oxygen atoms in total. The van der Waals surface area contributed by atoms with Crippen molar-refractivity contribution in [1.82, 2.24) is 19.4 Å². The number of hydrogen-bond donors (Lipinski definition) is 2. The number of hydrogen-bond acceptors (Lipinski definition) is 8. The third kappa shape index (κ3) is 6.35. The molecule has 0 aliphatic carbocycles. The van der Waals surface area contributed by atoms with Gasteiger partial charge in [0.15, 0.2) is 5.78 Å². The van der Waals surface area contributed by atoms with Crippen LogP contribution in [0.25, 0.3) is 21.5 Å². The summed E-state index contributed by atoms with van der Waals surface area (Å²) in [6.07, 6.45) is 3.35. The third-order valence-corrected chi connectivity index (χ3v) is 7.69. The summed E-state index contributed by atoms with van der Waals surface area (Å²) in [5, 5.41) is 15.2. The minimum atomic E-state index is -0.349. The number of imidazole rings is 1. The van der Waals surface area contributed by atoms with Crippen LogP contribution >= 0.6 is 11.3 Å². The van der Waals surface area contributed by atoms with Crippen LogP contribution in [0.1, 0.15) is 32.0 Å². The molecule has 0 radical (unpaired) electrons. The van der Waals surface area contributed by atoms with E-state index in [0.29, 0.717) is 39.7 Å². The van der Waals surface area contributed by atoms with E-state index in [0.717, 1.165) is 16.0 Å². The predicted octanol–water partition coefficient (Wildman–Crippen LogP) is 5.06. The molecule has 2 amide bonds. The quantitative estimate of drug-likeness (QED) is 0.222. The normalized spacial score (nSPS) is 10.7. The average molecular weight is 578 g/mol. The van der Waals surface area contributed by atoms with Crippen molar-refractivity contribution in [2.45, 2.75) is 13.0 Å². The van der Waals surface area contributed by atoms with Crippen molar-refractivity contribution in [2.24, 2.45) is 0 Å². The van der Waals surface area contributed by atoms with Crippen molar-refractivity contribution in [2.75, 3.05) is 31.3 Å².